The Hall–Kier alpha value is 0.570. The van der Waals surface area contributed by atoms with E-state index in [9.17, 15) is 0 Å². The molecule has 0 nitrogen and oxygen atoms in total. The lowest BCUT2D eigenvalue weighted by Crippen LogP contribution is -1.84. The standard InChI is InChI=1S/C7H11BrS/c1-2-3-9-5-6-4-7(6)8/h2,6-7H,1,3-5H2/t6-,7+/m0/s1. The molecule has 1 rings (SSSR count). The fourth-order valence-electron chi connectivity index (χ4n) is 0.686. The van der Waals surface area contributed by atoms with E-state index < -0.39 is 0 Å². The predicted octanol–water partition coefficient (Wildman–Crippen LogP) is 2.69. The van der Waals surface area contributed by atoms with E-state index in [1.807, 2.05) is 17.8 Å². The zero-order valence-electron chi connectivity index (χ0n) is 5.35. The molecule has 52 valence electrons. The lowest BCUT2D eigenvalue weighted by molar-refractivity contribution is 1.01. The molecule has 0 heterocycles. The molecule has 0 aliphatic heterocycles. The highest BCUT2D eigenvalue weighted by Gasteiger charge is 2.33. The second kappa shape index (κ2) is 3.67. The van der Waals surface area contributed by atoms with Crippen LogP contribution in [0.15, 0.2) is 12.7 Å². The molecule has 9 heavy (non-hydrogen) atoms. The molecular formula is C7H11BrS. The lowest BCUT2D eigenvalue weighted by Gasteiger charge is -1.92. The highest BCUT2D eigenvalue weighted by Crippen LogP contribution is 2.39. The van der Waals surface area contributed by atoms with E-state index in [1.54, 1.807) is 0 Å². The van der Waals surface area contributed by atoms with Crippen LogP contribution in [0.4, 0.5) is 0 Å². The summed E-state index contributed by atoms with van der Waals surface area (Å²) in [5.74, 6) is 3.37. The van der Waals surface area contributed by atoms with E-state index >= 15 is 0 Å². The summed E-state index contributed by atoms with van der Waals surface area (Å²) in [7, 11) is 0. The Morgan fingerprint density at radius 1 is 1.78 bits per heavy atom. The van der Waals surface area contributed by atoms with Gasteiger partial charge < -0.3 is 0 Å². The van der Waals surface area contributed by atoms with Crippen LogP contribution in [0, 0.1) is 5.92 Å². The zero-order valence-corrected chi connectivity index (χ0v) is 7.75. The molecule has 0 aromatic carbocycles. The van der Waals surface area contributed by atoms with Crippen molar-refractivity contribution in [1.29, 1.82) is 0 Å². The molecular weight excluding hydrogens is 196 g/mol. The average Bonchev–Trinajstić information content (AvgIpc) is 2.48. The highest BCUT2D eigenvalue weighted by atomic mass is 79.9. The van der Waals surface area contributed by atoms with Gasteiger partial charge in [0, 0.05) is 10.6 Å². The number of alkyl halides is 1. The maximum absolute atomic E-state index is 3.66. The summed E-state index contributed by atoms with van der Waals surface area (Å²) in [5, 5.41) is 0. The Kier molecular flexibility index (Phi) is 3.13. The third-order valence-electron chi connectivity index (χ3n) is 1.40. The van der Waals surface area contributed by atoms with Crippen molar-refractivity contribution in [1.82, 2.24) is 0 Å². The molecule has 0 unspecified atom stereocenters. The SMILES string of the molecule is C=CCSC[C@@H]1C[C@H]1Br. The van der Waals surface area contributed by atoms with Crippen LogP contribution in [0.1, 0.15) is 6.42 Å². The Morgan fingerprint density at radius 2 is 2.44 bits per heavy atom. The van der Waals surface area contributed by atoms with Crippen molar-refractivity contribution in [3.8, 4) is 0 Å². The van der Waals surface area contributed by atoms with Gasteiger partial charge in [-0.25, -0.2) is 0 Å². The Morgan fingerprint density at radius 3 is 2.89 bits per heavy atom. The van der Waals surface area contributed by atoms with Gasteiger partial charge >= 0.3 is 0 Å². The lowest BCUT2D eigenvalue weighted by atomic mass is 10.5. The average molecular weight is 207 g/mol. The molecule has 1 aliphatic carbocycles. The van der Waals surface area contributed by atoms with Crippen LogP contribution in [0.3, 0.4) is 0 Å². The summed E-state index contributed by atoms with van der Waals surface area (Å²) >= 11 is 5.54. The third-order valence-corrected chi connectivity index (χ3v) is 3.66. The molecule has 1 aliphatic rings. The van der Waals surface area contributed by atoms with E-state index in [-0.39, 0.29) is 0 Å². The Balaban J connectivity index is 1.88. The van der Waals surface area contributed by atoms with Crippen LogP contribution in [-0.4, -0.2) is 16.3 Å². The van der Waals surface area contributed by atoms with Gasteiger partial charge in [-0.2, -0.15) is 11.8 Å². The van der Waals surface area contributed by atoms with Crippen molar-refractivity contribution in [2.45, 2.75) is 11.2 Å². The van der Waals surface area contributed by atoms with Crippen LogP contribution in [0.5, 0.6) is 0 Å². The van der Waals surface area contributed by atoms with Gasteiger partial charge in [-0.05, 0) is 18.1 Å². The van der Waals surface area contributed by atoms with E-state index in [2.05, 4.69) is 22.5 Å². The van der Waals surface area contributed by atoms with Gasteiger partial charge in [0.05, 0.1) is 0 Å². The number of hydrogen-bond donors (Lipinski definition) is 0. The van der Waals surface area contributed by atoms with Gasteiger partial charge in [-0.3, -0.25) is 0 Å². The first-order valence-electron chi connectivity index (χ1n) is 3.17. The molecule has 2 atom stereocenters. The molecule has 0 bridgehead atoms. The molecule has 0 aromatic rings. The summed E-state index contributed by atoms with van der Waals surface area (Å²) < 4.78 is 0. The molecule has 0 amide bonds. The van der Waals surface area contributed by atoms with Crippen molar-refractivity contribution in [3.63, 3.8) is 0 Å². The van der Waals surface area contributed by atoms with Crippen LogP contribution in [0.2, 0.25) is 0 Å². The van der Waals surface area contributed by atoms with Gasteiger partial charge in [-0.1, -0.05) is 22.0 Å². The van der Waals surface area contributed by atoms with Crippen molar-refractivity contribution in [2.75, 3.05) is 11.5 Å². The Labute approximate surface area is 69.2 Å². The molecule has 0 aromatic heterocycles. The zero-order chi connectivity index (χ0) is 6.69. The first-order valence-corrected chi connectivity index (χ1v) is 5.24. The smallest absolute Gasteiger partial charge is 0.0185 e. The normalized spacial score (nSPS) is 32.1. The molecule has 2 heteroatoms. The quantitative estimate of drug-likeness (QED) is 0.388. The first-order chi connectivity index (χ1) is 4.34. The van der Waals surface area contributed by atoms with Gasteiger partial charge in [0.2, 0.25) is 0 Å². The molecule has 1 fully saturated rings. The molecule has 1 saturated carbocycles. The maximum Gasteiger partial charge on any atom is 0.0185 e. The highest BCUT2D eigenvalue weighted by molar-refractivity contribution is 9.09. The largest absolute Gasteiger partial charge is 0.158 e. The minimum absolute atomic E-state index is 0.829. The molecule has 0 spiro atoms. The number of halogens is 1. The van der Waals surface area contributed by atoms with Gasteiger partial charge in [-0.15, -0.1) is 6.58 Å². The molecule has 0 saturated heterocycles. The van der Waals surface area contributed by atoms with Crippen molar-refractivity contribution < 1.29 is 0 Å². The molecule has 0 N–H and O–H groups in total. The summed E-state index contributed by atoms with van der Waals surface area (Å²) in [5.41, 5.74) is 0. The summed E-state index contributed by atoms with van der Waals surface area (Å²) in [4.78, 5) is 0.829. The topological polar surface area (TPSA) is 0 Å². The van der Waals surface area contributed by atoms with Crippen LogP contribution in [-0.2, 0) is 0 Å². The minimum Gasteiger partial charge on any atom is -0.158 e. The fourth-order valence-corrected chi connectivity index (χ4v) is 2.57. The maximum atomic E-state index is 3.66. The molecule has 0 radical (unpaired) electrons. The third kappa shape index (κ3) is 2.76. The monoisotopic (exact) mass is 206 g/mol. The number of hydrogen-bond acceptors (Lipinski definition) is 1. The summed E-state index contributed by atoms with van der Waals surface area (Å²) in [6.45, 7) is 3.66. The van der Waals surface area contributed by atoms with Crippen molar-refractivity contribution in [2.24, 2.45) is 5.92 Å². The number of thioether (sulfide) groups is 1. The van der Waals surface area contributed by atoms with Crippen molar-refractivity contribution >= 4 is 27.7 Å². The van der Waals surface area contributed by atoms with E-state index in [4.69, 9.17) is 0 Å². The van der Waals surface area contributed by atoms with Crippen LogP contribution in [0.25, 0.3) is 0 Å². The second-order valence-electron chi connectivity index (χ2n) is 2.34. The van der Waals surface area contributed by atoms with Gasteiger partial charge in [0.1, 0.15) is 0 Å². The van der Waals surface area contributed by atoms with Crippen molar-refractivity contribution in [3.05, 3.63) is 12.7 Å². The van der Waals surface area contributed by atoms with Gasteiger partial charge in [0.25, 0.3) is 0 Å². The predicted molar refractivity (Wildman–Crippen MR) is 48.3 cm³/mol. The van der Waals surface area contributed by atoms with Crippen LogP contribution < -0.4 is 0 Å². The first kappa shape index (κ1) is 7.67. The van der Waals surface area contributed by atoms with E-state index in [0.29, 0.717) is 0 Å². The minimum atomic E-state index is 0.829. The number of rotatable bonds is 4. The Bertz CT molecular complexity index is 103. The fraction of sp³-hybridized carbons (Fsp3) is 0.714. The van der Waals surface area contributed by atoms with Gasteiger partial charge in [0.15, 0.2) is 0 Å². The van der Waals surface area contributed by atoms with Crippen LogP contribution >= 0.6 is 27.7 Å². The summed E-state index contributed by atoms with van der Waals surface area (Å²) in [6.07, 6.45) is 3.35. The van der Waals surface area contributed by atoms with E-state index in [1.165, 1.54) is 12.2 Å². The summed E-state index contributed by atoms with van der Waals surface area (Å²) in [6, 6.07) is 0. The van der Waals surface area contributed by atoms with E-state index in [0.717, 1.165) is 16.5 Å². The second-order valence-corrected chi connectivity index (χ2v) is 4.59.